The van der Waals surface area contributed by atoms with Crippen LogP contribution < -0.4 is 11.1 Å². The van der Waals surface area contributed by atoms with Gasteiger partial charge in [-0.2, -0.15) is 0 Å². The molecular formula is C39H72N2O2. The molecule has 10 atom stereocenters. The number of esters is 1. The summed E-state index contributed by atoms with van der Waals surface area (Å²) in [6, 6.07) is 0.634. The first-order valence-electron chi connectivity index (χ1n) is 19.2. The van der Waals surface area contributed by atoms with Gasteiger partial charge in [-0.3, -0.25) is 4.79 Å². The van der Waals surface area contributed by atoms with Gasteiger partial charge < -0.3 is 15.8 Å². The van der Waals surface area contributed by atoms with Crippen LogP contribution in [-0.4, -0.2) is 31.2 Å². The van der Waals surface area contributed by atoms with E-state index in [1.165, 1.54) is 116 Å². The molecule has 0 aromatic heterocycles. The fourth-order valence-electron chi connectivity index (χ4n) is 11.4. The van der Waals surface area contributed by atoms with Gasteiger partial charge in [0, 0.05) is 13.0 Å². The first kappa shape index (κ1) is 35.2. The van der Waals surface area contributed by atoms with Crippen LogP contribution in [0.15, 0.2) is 0 Å². The minimum absolute atomic E-state index is 0.0933. The molecule has 4 nitrogen and oxygen atoms in total. The number of hydrogen-bond donors (Lipinski definition) is 2. The standard InChI is InChI=1S/C39H72N2O2/c1-28(2)16-15-17-29(3)33-18-19-34-37-35(21-23-39(33,34)6)38(5)22-20-32(43-30(4)42)26-31(38)27-36(37)41-25-14-12-10-8-7-9-11-13-24-40/h28-29,31-37,41H,7-27,40H2,1-6H3/t29-,31-,32+,33-,34?,35?,36?,37?,38+,39-/m1/s1. The highest BCUT2D eigenvalue weighted by molar-refractivity contribution is 5.66. The number of carbonyl (C=O) groups excluding carboxylic acids is 1. The molecule has 43 heavy (non-hydrogen) atoms. The molecule has 0 saturated heterocycles. The van der Waals surface area contributed by atoms with Crippen LogP contribution in [-0.2, 0) is 9.53 Å². The third-order valence-corrected chi connectivity index (χ3v) is 13.7. The van der Waals surface area contributed by atoms with Crippen molar-refractivity contribution in [1.82, 2.24) is 5.32 Å². The second-order valence-electron chi connectivity index (χ2n) is 16.9. The third-order valence-electron chi connectivity index (χ3n) is 13.7. The fraction of sp³-hybridized carbons (Fsp3) is 0.974. The van der Waals surface area contributed by atoms with E-state index >= 15 is 0 Å². The molecule has 4 saturated carbocycles. The summed E-state index contributed by atoms with van der Waals surface area (Å²) in [5.41, 5.74) is 6.57. The van der Waals surface area contributed by atoms with Crippen molar-refractivity contribution in [3.8, 4) is 0 Å². The quantitative estimate of drug-likeness (QED) is 0.129. The molecular weight excluding hydrogens is 528 g/mol. The van der Waals surface area contributed by atoms with Gasteiger partial charge in [-0.05, 0) is 130 Å². The maximum absolute atomic E-state index is 11.9. The van der Waals surface area contributed by atoms with E-state index in [0.717, 1.165) is 54.9 Å². The molecule has 4 unspecified atom stereocenters. The van der Waals surface area contributed by atoms with Gasteiger partial charge in [0.25, 0.3) is 0 Å². The highest BCUT2D eigenvalue weighted by Crippen LogP contribution is 2.68. The van der Waals surface area contributed by atoms with Crippen LogP contribution in [0.2, 0.25) is 0 Å². The van der Waals surface area contributed by atoms with Crippen LogP contribution in [0.5, 0.6) is 0 Å². The Balaban J connectivity index is 1.42. The van der Waals surface area contributed by atoms with E-state index in [2.05, 4.69) is 39.9 Å². The lowest BCUT2D eigenvalue weighted by Gasteiger charge is -2.63. The first-order chi connectivity index (χ1) is 20.6. The topological polar surface area (TPSA) is 64.3 Å². The van der Waals surface area contributed by atoms with Crippen molar-refractivity contribution in [2.24, 2.45) is 58.0 Å². The SMILES string of the molecule is CC(=O)O[C@H]1CC[C@]2(C)C3CC[C@@]4(C)C(CC[C@@H]4[C@H](C)CCCC(C)C)C3C(NCCCCCCCCCCN)C[C@H]2C1. The Labute approximate surface area is 267 Å². The van der Waals surface area contributed by atoms with Crippen LogP contribution in [0.1, 0.15) is 164 Å². The van der Waals surface area contributed by atoms with Crippen LogP contribution >= 0.6 is 0 Å². The van der Waals surface area contributed by atoms with E-state index in [0.29, 0.717) is 22.8 Å². The van der Waals surface area contributed by atoms with Crippen molar-refractivity contribution in [2.75, 3.05) is 13.1 Å². The average Bonchev–Trinajstić information content (AvgIpc) is 3.31. The minimum atomic E-state index is -0.0933. The highest BCUT2D eigenvalue weighted by atomic mass is 16.5. The summed E-state index contributed by atoms with van der Waals surface area (Å²) in [7, 11) is 0. The molecule has 4 aliphatic rings. The van der Waals surface area contributed by atoms with Crippen molar-refractivity contribution in [3.63, 3.8) is 0 Å². The monoisotopic (exact) mass is 601 g/mol. The second kappa shape index (κ2) is 16.3. The summed E-state index contributed by atoms with van der Waals surface area (Å²) < 4.78 is 5.83. The Morgan fingerprint density at radius 3 is 2.14 bits per heavy atom. The Hall–Kier alpha value is -0.610. The normalized spacial score (nSPS) is 37.9. The zero-order chi connectivity index (χ0) is 31.0. The fourth-order valence-corrected chi connectivity index (χ4v) is 11.4. The molecule has 0 aromatic rings. The number of rotatable bonds is 17. The Kier molecular flexibility index (Phi) is 13.3. The Morgan fingerprint density at radius 1 is 0.814 bits per heavy atom. The maximum atomic E-state index is 11.9. The summed E-state index contributed by atoms with van der Waals surface area (Å²) in [5.74, 6) is 5.69. The van der Waals surface area contributed by atoms with Crippen LogP contribution in [0.3, 0.4) is 0 Å². The zero-order valence-corrected chi connectivity index (χ0v) is 29.4. The molecule has 3 N–H and O–H groups in total. The van der Waals surface area contributed by atoms with Gasteiger partial charge in [0.05, 0.1) is 0 Å². The molecule has 0 aromatic carbocycles. The van der Waals surface area contributed by atoms with Gasteiger partial charge >= 0.3 is 5.97 Å². The van der Waals surface area contributed by atoms with Crippen molar-refractivity contribution < 1.29 is 9.53 Å². The lowest BCUT2D eigenvalue weighted by Crippen LogP contribution is -2.61. The van der Waals surface area contributed by atoms with E-state index in [-0.39, 0.29) is 12.1 Å². The van der Waals surface area contributed by atoms with Crippen molar-refractivity contribution in [2.45, 2.75) is 176 Å². The molecule has 4 rings (SSSR count). The molecule has 4 aliphatic carbocycles. The lowest BCUT2D eigenvalue weighted by molar-refractivity contribution is -0.164. The predicted octanol–water partition coefficient (Wildman–Crippen LogP) is 9.69. The molecule has 0 spiro atoms. The zero-order valence-electron chi connectivity index (χ0n) is 29.4. The van der Waals surface area contributed by atoms with E-state index in [4.69, 9.17) is 10.5 Å². The number of hydrogen-bond acceptors (Lipinski definition) is 4. The molecule has 0 aliphatic heterocycles. The molecule has 0 heterocycles. The molecule has 0 bridgehead atoms. The Bertz CT molecular complexity index is 845. The van der Waals surface area contributed by atoms with Gasteiger partial charge in [-0.1, -0.05) is 92.4 Å². The first-order valence-corrected chi connectivity index (χ1v) is 19.2. The van der Waals surface area contributed by atoms with Gasteiger partial charge in [-0.15, -0.1) is 0 Å². The number of ether oxygens (including phenoxy) is 1. The van der Waals surface area contributed by atoms with Crippen LogP contribution in [0, 0.1) is 52.3 Å². The molecule has 0 radical (unpaired) electrons. The smallest absolute Gasteiger partial charge is 0.302 e. The van der Waals surface area contributed by atoms with E-state index < -0.39 is 0 Å². The number of nitrogens with two attached hydrogens (primary N) is 1. The van der Waals surface area contributed by atoms with Gasteiger partial charge in [0.2, 0.25) is 0 Å². The maximum Gasteiger partial charge on any atom is 0.302 e. The van der Waals surface area contributed by atoms with Crippen molar-refractivity contribution >= 4 is 5.97 Å². The largest absolute Gasteiger partial charge is 0.463 e. The van der Waals surface area contributed by atoms with Crippen molar-refractivity contribution in [3.05, 3.63) is 0 Å². The van der Waals surface area contributed by atoms with E-state index in [1.807, 2.05) is 0 Å². The Morgan fingerprint density at radius 2 is 1.47 bits per heavy atom. The summed E-state index contributed by atoms with van der Waals surface area (Å²) in [6.07, 6.45) is 25.4. The van der Waals surface area contributed by atoms with E-state index in [1.54, 1.807) is 6.92 Å². The predicted molar refractivity (Wildman–Crippen MR) is 182 cm³/mol. The number of carbonyl (C=O) groups is 1. The molecule has 4 heteroatoms. The highest BCUT2D eigenvalue weighted by Gasteiger charge is 2.63. The van der Waals surface area contributed by atoms with Gasteiger partial charge in [0.1, 0.15) is 6.10 Å². The third kappa shape index (κ3) is 8.60. The number of fused-ring (bicyclic) bond motifs is 5. The second-order valence-corrected chi connectivity index (χ2v) is 16.9. The summed E-state index contributed by atoms with van der Waals surface area (Å²) in [4.78, 5) is 11.9. The minimum Gasteiger partial charge on any atom is -0.463 e. The van der Waals surface area contributed by atoms with Crippen LogP contribution in [0.4, 0.5) is 0 Å². The number of unbranched alkanes of at least 4 members (excludes halogenated alkanes) is 7. The molecule has 4 fully saturated rings. The van der Waals surface area contributed by atoms with E-state index in [9.17, 15) is 4.79 Å². The van der Waals surface area contributed by atoms with Gasteiger partial charge in [0.15, 0.2) is 0 Å². The van der Waals surface area contributed by atoms with Crippen LogP contribution in [0.25, 0.3) is 0 Å². The van der Waals surface area contributed by atoms with Crippen molar-refractivity contribution in [1.29, 1.82) is 0 Å². The summed E-state index contributed by atoms with van der Waals surface area (Å²) in [5, 5.41) is 4.24. The molecule has 250 valence electrons. The lowest BCUT2D eigenvalue weighted by atomic mass is 9.43. The average molecular weight is 601 g/mol. The van der Waals surface area contributed by atoms with Gasteiger partial charge in [-0.25, -0.2) is 0 Å². The number of nitrogens with one attached hydrogen (secondary N) is 1. The summed E-state index contributed by atoms with van der Waals surface area (Å²) in [6.45, 7) is 16.4. The summed E-state index contributed by atoms with van der Waals surface area (Å²) >= 11 is 0. The molecule has 0 amide bonds.